The number of methoxy groups -OCH3 is 2. The van der Waals surface area contributed by atoms with E-state index in [0.717, 1.165) is 22.6 Å². The Labute approximate surface area is 213 Å². The summed E-state index contributed by atoms with van der Waals surface area (Å²) in [4.78, 5) is 19.8. The van der Waals surface area contributed by atoms with Crippen LogP contribution in [0.5, 0.6) is 5.75 Å². The molecule has 8 heteroatoms. The molecule has 1 amide bonds. The van der Waals surface area contributed by atoms with Crippen molar-refractivity contribution in [3.8, 4) is 17.0 Å². The zero-order valence-electron chi connectivity index (χ0n) is 21.8. The van der Waals surface area contributed by atoms with E-state index in [1.165, 1.54) is 12.0 Å². The van der Waals surface area contributed by atoms with Gasteiger partial charge in [-0.1, -0.05) is 51.1 Å². The van der Waals surface area contributed by atoms with E-state index in [1.54, 1.807) is 7.11 Å². The number of imidazole rings is 1. The van der Waals surface area contributed by atoms with Crippen LogP contribution in [0.3, 0.4) is 0 Å². The number of carbonyl (C=O) groups excluding carboxylic acids is 1. The third-order valence-electron chi connectivity index (χ3n) is 6.00. The summed E-state index contributed by atoms with van der Waals surface area (Å²) >= 11 is 0. The Hall–Kier alpha value is -3.23. The standard InChI is InChI=1S/C28H37FN4O3/c1-28(2,3)26(33(17-22(29)15-30)25(34)19-35-4)27-31-24(21-11-13-23(36-5)14-12-21)18-32(27)16-20-9-7-6-8-10-20/h6-14,18,22,26H,15-17,19,30H2,1-5H3. The number of amides is 1. The lowest BCUT2D eigenvalue weighted by atomic mass is 9.84. The van der Waals surface area contributed by atoms with Crippen LogP contribution in [0, 0.1) is 5.41 Å². The predicted octanol–water partition coefficient (Wildman–Crippen LogP) is 4.47. The van der Waals surface area contributed by atoms with Crippen LogP contribution in [0.2, 0.25) is 0 Å². The van der Waals surface area contributed by atoms with Gasteiger partial charge in [0.25, 0.3) is 0 Å². The van der Waals surface area contributed by atoms with Crippen LogP contribution in [0.25, 0.3) is 11.3 Å². The third-order valence-corrected chi connectivity index (χ3v) is 6.00. The third kappa shape index (κ3) is 6.71. The number of ether oxygens (including phenoxy) is 2. The second-order valence-electron chi connectivity index (χ2n) is 9.91. The molecule has 0 radical (unpaired) electrons. The number of carbonyl (C=O) groups is 1. The molecule has 1 heterocycles. The number of nitrogens with zero attached hydrogens (tertiary/aromatic N) is 3. The van der Waals surface area contributed by atoms with Crippen LogP contribution < -0.4 is 10.5 Å². The maximum atomic E-state index is 14.6. The van der Waals surface area contributed by atoms with Gasteiger partial charge in [-0.15, -0.1) is 0 Å². The molecule has 194 valence electrons. The van der Waals surface area contributed by atoms with Crippen molar-refractivity contribution in [2.24, 2.45) is 11.1 Å². The first kappa shape index (κ1) is 27.4. The Bertz CT molecular complexity index is 1110. The van der Waals surface area contributed by atoms with Crippen molar-refractivity contribution < 1.29 is 18.7 Å². The Morgan fingerprint density at radius 1 is 1.11 bits per heavy atom. The summed E-state index contributed by atoms with van der Waals surface area (Å²) in [6.07, 6.45) is 0.617. The van der Waals surface area contributed by atoms with Gasteiger partial charge in [0, 0.05) is 32.0 Å². The first-order valence-electron chi connectivity index (χ1n) is 12.1. The number of benzene rings is 2. The highest BCUT2D eigenvalue weighted by Gasteiger charge is 2.39. The van der Waals surface area contributed by atoms with Crippen molar-refractivity contribution in [3.05, 3.63) is 72.2 Å². The second kappa shape index (κ2) is 12.1. The topological polar surface area (TPSA) is 82.6 Å². The van der Waals surface area contributed by atoms with Gasteiger partial charge in [0.05, 0.1) is 25.4 Å². The molecule has 0 spiro atoms. The number of hydrogen-bond acceptors (Lipinski definition) is 5. The van der Waals surface area contributed by atoms with Crippen LogP contribution in [0.4, 0.5) is 4.39 Å². The molecular formula is C28H37FN4O3. The number of nitrogens with two attached hydrogens (primary N) is 1. The lowest BCUT2D eigenvalue weighted by Crippen LogP contribution is -2.47. The quantitative estimate of drug-likeness (QED) is 0.424. The lowest BCUT2D eigenvalue weighted by Gasteiger charge is -2.40. The number of aromatic nitrogens is 2. The molecule has 2 unspecified atom stereocenters. The van der Waals surface area contributed by atoms with Gasteiger partial charge < -0.3 is 24.7 Å². The van der Waals surface area contributed by atoms with Gasteiger partial charge in [0.1, 0.15) is 24.4 Å². The van der Waals surface area contributed by atoms with Crippen molar-refractivity contribution in [1.82, 2.24) is 14.5 Å². The van der Waals surface area contributed by atoms with Crippen molar-refractivity contribution >= 4 is 5.91 Å². The molecule has 0 saturated carbocycles. The lowest BCUT2D eigenvalue weighted by molar-refractivity contribution is -0.141. The van der Waals surface area contributed by atoms with Gasteiger partial charge in [-0.2, -0.15) is 0 Å². The van der Waals surface area contributed by atoms with Crippen LogP contribution >= 0.6 is 0 Å². The van der Waals surface area contributed by atoms with E-state index >= 15 is 0 Å². The molecule has 3 rings (SSSR count). The van der Waals surface area contributed by atoms with Gasteiger partial charge in [-0.3, -0.25) is 4.79 Å². The maximum absolute atomic E-state index is 14.6. The Morgan fingerprint density at radius 3 is 2.33 bits per heavy atom. The fourth-order valence-corrected chi connectivity index (χ4v) is 4.30. The minimum absolute atomic E-state index is 0.142. The summed E-state index contributed by atoms with van der Waals surface area (Å²) in [5.41, 5.74) is 7.90. The number of alkyl halides is 1. The van der Waals surface area contributed by atoms with Gasteiger partial charge in [0.15, 0.2) is 0 Å². The van der Waals surface area contributed by atoms with Gasteiger partial charge >= 0.3 is 0 Å². The van der Waals surface area contributed by atoms with E-state index in [4.69, 9.17) is 20.2 Å². The molecule has 0 aliphatic rings. The van der Waals surface area contributed by atoms with E-state index in [1.807, 2.05) is 86.1 Å². The highest BCUT2D eigenvalue weighted by molar-refractivity contribution is 5.78. The fraction of sp³-hybridized carbons (Fsp3) is 0.429. The van der Waals surface area contributed by atoms with Crippen molar-refractivity contribution in [2.75, 3.05) is 33.9 Å². The number of halogens is 1. The zero-order valence-corrected chi connectivity index (χ0v) is 21.8. The summed E-state index contributed by atoms with van der Waals surface area (Å²) in [5, 5.41) is 0. The Kier molecular flexibility index (Phi) is 9.23. The molecule has 0 aliphatic heterocycles. The first-order chi connectivity index (χ1) is 17.2. The average molecular weight is 497 g/mol. The van der Waals surface area contributed by atoms with Gasteiger partial charge in [0.2, 0.25) is 5.91 Å². The predicted molar refractivity (Wildman–Crippen MR) is 139 cm³/mol. The molecule has 0 saturated heterocycles. The average Bonchev–Trinajstić information content (AvgIpc) is 3.26. The number of rotatable bonds is 11. The van der Waals surface area contributed by atoms with Gasteiger partial charge in [-0.05, 0) is 35.2 Å². The van der Waals surface area contributed by atoms with E-state index in [0.29, 0.717) is 12.4 Å². The summed E-state index contributed by atoms with van der Waals surface area (Å²) < 4.78 is 27.1. The van der Waals surface area contributed by atoms with E-state index in [2.05, 4.69) is 0 Å². The summed E-state index contributed by atoms with van der Waals surface area (Å²) in [5.74, 6) is 1.11. The van der Waals surface area contributed by atoms with Crippen molar-refractivity contribution in [3.63, 3.8) is 0 Å². The van der Waals surface area contributed by atoms with Crippen LogP contribution in [-0.4, -0.2) is 60.4 Å². The van der Waals surface area contributed by atoms with Gasteiger partial charge in [-0.25, -0.2) is 9.37 Å². The van der Waals surface area contributed by atoms with Crippen LogP contribution in [-0.2, 0) is 16.1 Å². The SMILES string of the molecule is COCC(=O)N(CC(F)CN)C(c1nc(-c2ccc(OC)cc2)cn1Cc1ccccc1)C(C)(C)C. The highest BCUT2D eigenvalue weighted by Crippen LogP contribution is 2.39. The van der Waals surface area contributed by atoms with E-state index < -0.39 is 17.6 Å². The fourth-order valence-electron chi connectivity index (χ4n) is 4.30. The molecule has 0 aliphatic carbocycles. The second-order valence-corrected chi connectivity index (χ2v) is 9.91. The highest BCUT2D eigenvalue weighted by atomic mass is 19.1. The Morgan fingerprint density at radius 2 is 1.78 bits per heavy atom. The molecule has 7 nitrogen and oxygen atoms in total. The minimum Gasteiger partial charge on any atom is -0.497 e. The summed E-state index contributed by atoms with van der Waals surface area (Å²) in [6.45, 7) is 6.14. The molecular weight excluding hydrogens is 459 g/mol. The molecule has 0 fully saturated rings. The summed E-state index contributed by atoms with van der Waals surface area (Å²) in [7, 11) is 3.08. The molecule has 36 heavy (non-hydrogen) atoms. The largest absolute Gasteiger partial charge is 0.497 e. The monoisotopic (exact) mass is 496 g/mol. The maximum Gasteiger partial charge on any atom is 0.249 e. The molecule has 2 N–H and O–H groups in total. The smallest absolute Gasteiger partial charge is 0.249 e. The molecule has 2 atom stereocenters. The molecule has 0 bridgehead atoms. The van der Waals surface area contributed by atoms with Crippen molar-refractivity contribution in [2.45, 2.75) is 39.5 Å². The summed E-state index contributed by atoms with van der Waals surface area (Å²) in [6, 6.07) is 17.2. The van der Waals surface area contributed by atoms with E-state index in [9.17, 15) is 9.18 Å². The van der Waals surface area contributed by atoms with Crippen molar-refractivity contribution in [1.29, 1.82) is 0 Å². The molecule has 3 aromatic rings. The molecule has 2 aromatic carbocycles. The van der Waals surface area contributed by atoms with Crippen LogP contribution in [0.15, 0.2) is 60.8 Å². The number of hydrogen-bond donors (Lipinski definition) is 1. The van der Waals surface area contributed by atoms with E-state index in [-0.39, 0.29) is 25.6 Å². The molecule has 1 aromatic heterocycles. The normalized spacial score (nSPS) is 13.3. The van der Waals surface area contributed by atoms with Crippen LogP contribution in [0.1, 0.15) is 38.2 Å². The zero-order chi connectivity index (χ0) is 26.3. The first-order valence-corrected chi connectivity index (χ1v) is 12.1. The minimum atomic E-state index is -1.37. The Balaban J connectivity index is 2.16.